The van der Waals surface area contributed by atoms with Crippen molar-refractivity contribution in [1.29, 1.82) is 0 Å². The Morgan fingerprint density at radius 3 is 2.76 bits per heavy atom. The van der Waals surface area contributed by atoms with E-state index < -0.39 is 0 Å². The molecule has 2 nitrogen and oxygen atoms in total. The topological polar surface area (TPSA) is 29.1 Å². The Bertz CT molecular complexity index is 460. The van der Waals surface area contributed by atoms with Gasteiger partial charge in [0.1, 0.15) is 0 Å². The van der Waals surface area contributed by atoms with Gasteiger partial charge in [-0.25, -0.2) is 0 Å². The van der Waals surface area contributed by atoms with Crippen molar-refractivity contribution in [3.63, 3.8) is 0 Å². The van der Waals surface area contributed by atoms with Crippen LogP contribution < -0.4 is 5.32 Å². The van der Waals surface area contributed by atoms with Gasteiger partial charge < -0.3 is 5.32 Å². The summed E-state index contributed by atoms with van der Waals surface area (Å²) < 4.78 is 0. The van der Waals surface area contributed by atoms with Crippen LogP contribution in [0.4, 0.5) is 5.69 Å². The number of aryl methyl sites for hydroxylation is 1. The van der Waals surface area contributed by atoms with E-state index in [1.165, 1.54) is 24.0 Å². The highest BCUT2D eigenvalue weighted by atomic mass is 16.1. The fourth-order valence-corrected chi connectivity index (χ4v) is 2.36. The summed E-state index contributed by atoms with van der Waals surface area (Å²) in [5, 5.41) is 2.96. The van der Waals surface area contributed by atoms with Gasteiger partial charge in [0.2, 0.25) is 5.91 Å². The third-order valence-electron chi connectivity index (χ3n) is 3.21. The smallest absolute Gasteiger partial charge is 0.221 e. The van der Waals surface area contributed by atoms with Crippen LogP contribution in [0.2, 0.25) is 0 Å². The predicted octanol–water partition coefficient (Wildman–Crippen LogP) is 3.91. The van der Waals surface area contributed by atoms with Crippen molar-refractivity contribution in [2.75, 3.05) is 5.32 Å². The summed E-state index contributed by atoms with van der Waals surface area (Å²) in [6.45, 7) is 3.60. The van der Waals surface area contributed by atoms with Crippen LogP contribution in [-0.4, -0.2) is 5.91 Å². The van der Waals surface area contributed by atoms with E-state index in [4.69, 9.17) is 0 Å². The molecule has 1 aliphatic rings. The number of para-hydroxylation sites is 1. The van der Waals surface area contributed by atoms with Crippen molar-refractivity contribution in [2.45, 2.75) is 39.5 Å². The standard InChI is InChI=1S/C15H19NO/c1-11-7-6-10-14(15(11)16-12(2)17)13-8-4-3-5-9-13/h6-8,10H,3-5,9H2,1-2H3,(H,16,17). The van der Waals surface area contributed by atoms with Crippen LogP contribution in [0.25, 0.3) is 5.57 Å². The number of anilines is 1. The van der Waals surface area contributed by atoms with E-state index in [1.54, 1.807) is 6.92 Å². The maximum absolute atomic E-state index is 11.3. The van der Waals surface area contributed by atoms with Gasteiger partial charge in [-0.2, -0.15) is 0 Å². The van der Waals surface area contributed by atoms with Gasteiger partial charge >= 0.3 is 0 Å². The first kappa shape index (κ1) is 11.9. The molecule has 0 fully saturated rings. The molecular weight excluding hydrogens is 210 g/mol. The zero-order valence-corrected chi connectivity index (χ0v) is 10.5. The third kappa shape index (κ3) is 2.76. The highest BCUT2D eigenvalue weighted by Crippen LogP contribution is 2.33. The Morgan fingerprint density at radius 2 is 2.12 bits per heavy atom. The second-order valence-electron chi connectivity index (χ2n) is 4.65. The molecule has 0 heterocycles. The molecule has 0 unspecified atom stereocenters. The number of allylic oxidation sites excluding steroid dienone is 2. The monoisotopic (exact) mass is 229 g/mol. The van der Waals surface area contributed by atoms with Gasteiger partial charge in [0.15, 0.2) is 0 Å². The number of carbonyl (C=O) groups is 1. The summed E-state index contributed by atoms with van der Waals surface area (Å²) in [6.07, 6.45) is 7.12. The molecule has 17 heavy (non-hydrogen) atoms. The number of hydrogen-bond acceptors (Lipinski definition) is 1. The molecule has 0 aromatic heterocycles. The summed E-state index contributed by atoms with van der Waals surface area (Å²) in [7, 11) is 0. The molecule has 1 N–H and O–H groups in total. The second kappa shape index (κ2) is 5.17. The van der Waals surface area contributed by atoms with Crippen LogP contribution in [0.5, 0.6) is 0 Å². The molecule has 90 valence electrons. The lowest BCUT2D eigenvalue weighted by Crippen LogP contribution is -2.10. The van der Waals surface area contributed by atoms with Crippen molar-refractivity contribution in [3.05, 3.63) is 35.4 Å². The van der Waals surface area contributed by atoms with Crippen LogP contribution in [0.3, 0.4) is 0 Å². The van der Waals surface area contributed by atoms with Gasteiger partial charge in [-0.15, -0.1) is 0 Å². The number of carbonyl (C=O) groups excluding carboxylic acids is 1. The molecule has 0 saturated carbocycles. The van der Waals surface area contributed by atoms with Gasteiger partial charge in [-0.1, -0.05) is 24.3 Å². The van der Waals surface area contributed by atoms with Crippen molar-refractivity contribution >= 4 is 17.2 Å². The van der Waals surface area contributed by atoms with E-state index in [2.05, 4.69) is 23.5 Å². The van der Waals surface area contributed by atoms with Gasteiger partial charge in [0.05, 0.1) is 5.69 Å². The molecule has 0 atom stereocenters. The van der Waals surface area contributed by atoms with Gasteiger partial charge in [0, 0.05) is 12.5 Å². The molecule has 1 aliphatic carbocycles. The zero-order chi connectivity index (χ0) is 12.3. The van der Waals surface area contributed by atoms with Crippen molar-refractivity contribution in [3.8, 4) is 0 Å². The van der Waals surface area contributed by atoms with Crippen LogP contribution in [-0.2, 0) is 4.79 Å². The summed E-state index contributed by atoms with van der Waals surface area (Å²) >= 11 is 0. The lowest BCUT2D eigenvalue weighted by molar-refractivity contribution is -0.114. The summed E-state index contributed by atoms with van der Waals surface area (Å²) in [5.41, 5.74) is 4.68. The Labute approximate surface area is 103 Å². The predicted molar refractivity (Wildman–Crippen MR) is 71.9 cm³/mol. The first-order valence-electron chi connectivity index (χ1n) is 6.25. The molecule has 0 aliphatic heterocycles. The fraction of sp³-hybridized carbons (Fsp3) is 0.400. The molecule has 0 spiro atoms. The quantitative estimate of drug-likeness (QED) is 0.818. The Hall–Kier alpha value is -1.57. The number of benzene rings is 1. The number of hydrogen-bond donors (Lipinski definition) is 1. The number of rotatable bonds is 2. The molecule has 0 saturated heterocycles. The molecule has 0 bridgehead atoms. The van der Waals surface area contributed by atoms with Crippen LogP contribution in [0, 0.1) is 6.92 Å². The fourth-order valence-electron chi connectivity index (χ4n) is 2.36. The highest BCUT2D eigenvalue weighted by Gasteiger charge is 2.12. The molecule has 2 heteroatoms. The minimum absolute atomic E-state index is 0.00282. The molecule has 1 aromatic rings. The van der Waals surface area contributed by atoms with E-state index in [9.17, 15) is 4.79 Å². The molecule has 1 aromatic carbocycles. The van der Waals surface area contributed by atoms with Gasteiger partial charge in [-0.05, 0) is 43.7 Å². The van der Waals surface area contributed by atoms with E-state index in [0.29, 0.717) is 0 Å². The lowest BCUT2D eigenvalue weighted by Gasteiger charge is -2.18. The molecule has 0 radical (unpaired) electrons. The molecular formula is C15H19NO. The Balaban J connectivity index is 2.41. The van der Waals surface area contributed by atoms with Crippen LogP contribution in [0.1, 0.15) is 43.7 Å². The number of amides is 1. The molecule has 1 amide bonds. The van der Waals surface area contributed by atoms with Crippen LogP contribution in [0.15, 0.2) is 24.3 Å². The summed E-state index contributed by atoms with van der Waals surface area (Å²) in [4.78, 5) is 11.3. The van der Waals surface area contributed by atoms with Crippen molar-refractivity contribution in [1.82, 2.24) is 0 Å². The normalized spacial score (nSPS) is 15.3. The summed E-state index contributed by atoms with van der Waals surface area (Å²) in [6, 6.07) is 6.21. The van der Waals surface area contributed by atoms with E-state index in [0.717, 1.165) is 24.1 Å². The van der Waals surface area contributed by atoms with Gasteiger partial charge in [0.25, 0.3) is 0 Å². The second-order valence-corrected chi connectivity index (χ2v) is 4.65. The minimum atomic E-state index is -0.00282. The highest BCUT2D eigenvalue weighted by molar-refractivity contribution is 5.93. The first-order valence-corrected chi connectivity index (χ1v) is 6.25. The largest absolute Gasteiger partial charge is 0.326 e. The summed E-state index contributed by atoms with van der Waals surface area (Å²) in [5.74, 6) is -0.00282. The van der Waals surface area contributed by atoms with Crippen molar-refractivity contribution < 1.29 is 4.79 Å². The van der Waals surface area contributed by atoms with E-state index in [1.807, 2.05) is 13.0 Å². The first-order chi connectivity index (χ1) is 8.18. The van der Waals surface area contributed by atoms with Crippen molar-refractivity contribution in [2.24, 2.45) is 0 Å². The van der Waals surface area contributed by atoms with E-state index >= 15 is 0 Å². The maximum Gasteiger partial charge on any atom is 0.221 e. The van der Waals surface area contributed by atoms with Gasteiger partial charge in [-0.3, -0.25) is 4.79 Å². The van der Waals surface area contributed by atoms with Crippen LogP contribution >= 0.6 is 0 Å². The average Bonchev–Trinajstić information content (AvgIpc) is 2.32. The maximum atomic E-state index is 11.3. The average molecular weight is 229 g/mol. The minimum Gasteiger partial charge on any atom is -0.326 e. The molecule has 2 rings (SSSR count). The Kier molecular flexibility index (Phi) is 3.62. The Morgan fingerprint density at radius 1 is 1.29 bits per heavy atom. The SMILES string of the molecule is CC(=O)Nc1c(C)cccc1C1=CCCCC1. The zero-order valence-electron chi connectivity index (χ0n) is 10.5. The third-order valence-corrected chi connectivity index (χ3v) is 3.21. The van der Waals surface area contributed by atoms with E-state index in [-0.39, 0.29) is 5.91 Å². The lowest BCUT2D eigenvalue weighted by atomic mass is 9.91. The number of nitrogens with one attached hydrogen (secondary N) is 1.